The number of hydrogen-bond acceptors (Lipinski definition) is 4. The van der Waals surface area contributed by atoms with Gasteiger partial charge in [-0.1, -0.05) is 20.3 Å². The maximum Gasteiger partial charge on any atom is 0.183 e. The Hall–Kier alpha value is -1.07. The van der Waals surface area contributed by atoms with Crippen LogP contribution in [0.25, 0.3) is 0 Å². The first-order valence-corrected chi connectivity index (χ1v) is 6.97. The van der Waals surface area contributed by atoms with Gasteiger partial charge in [0.2, 0.25) is 0 Å². The summed E-state index contributed by atoms with van der Waals surface area (Å²) in [6, 6.07) is 2.88. The SMILES string of the molecule is CCC(C)C(N)C(=O)c1ccc(OC)c(Br)c1OC. The van der Waals surface area contributed by atoms with Crippen molar-refractivity contribution in [1.82, 2.24) is 0 Å². The summed E-state index contributed by atoms with van der Waals surface area (Å²) >= 11 is 3.38. The van der Waals surface area contributed by atoms with E-state index in [4.69, 9.17) is 15.2 Å². The molecule has 1 aromatic rings. The number of halogens is 1. The van der Waals surface area contributed by atoms with Gasteiger partial charge in [0, 0.05) is 0 Å². The van der Waals surface area contributed by atoms with Crippen molar-refractivity contribution in [1.29, 1.82) is 0 Å². The number of Topliss-reactive ketones (excluding diaryl/α,β-unsaturated/α-hetero) is 1. The summed E-state index contributed by atoms with van der Waals surface area (Å²) < 4.78 is 11.1. The molecule has 1 rings (SSSR count). The van der Waals surface area contributed by atoms with Crippen LogP contribution in [0.5, 0.6) is 11.5 Å². The fraction of sp³-hybridized carbons (Fsp3) is 0.500. The second-order valence-corrected chi connectivity index (χ2v) is 5.23. The lowest BCUT2D eigenvalue weighted by Crippen LogP contribution is -2.36. The van der Waals surface area contributed by atoms with Crippen molar-refractivity contribution in [2.45, 2.75) is 26.3 Å². The predicted molar refractivity (Wildman–Crippen MR) is 79.0 cm³/mol. The lowest BCUT2D eigenvalue weighted by Gasteiger charge is -2.19. The van der Waals surface area contributed by atoms with Crippen LogP contribution in [0, 0.1) is 5.92 Å². The number of benzene rings is 1. The van der Waals surface area contributed by atoms with E-state index in [0.29, 0.717) is 21.5 Å². The highest BCUT2D eigenvalue weighted by Gasteiger charge is 2.25. The number of nitrogens with two attached hydrogens (primary N) is 1. The van der Waals surface area contributed by atoms with Crippen molar-refractivity contribution in [3.8, 4) is 11.5 Å². The van der Waals surface area contributed by atoms with Crippen LogP contribution < -0.4 is 15.2 Å². The van der Waals surface area contributed by atoms with E-state index in [9.17, 15) is 4.79 Å². The first-order chi connectivity index (χ1) is 8.97. The topological polar surface area (TPSA) is 61.6 Å². The van der Waals surface area contributed by atoms with E-state index in [1.54, 1.807) is 19.2 Å². The lowest BCUT2D eigenvalue weighted by atomic mass is 9.92. The largest absolute Gasteiger partial charge is 0.495 e. The van der Waals surface area contributed by atoms with Gasteiger partial charge in [-0.2, -0.15) is 0 Å². The van der Waals surface area contributed by atoms with Crippen LogP contribution >= 0.6 is 15.9 Å². The Morgan fingerprint density at radius 3 is 2.47 bits per heavy atom. The number of methoxy groups -OCH3 is 2. The van der Waals surface area contributed by atoms with Gasteiger partial charge in [-0.15, -0.1) is 0 Å². The number of carbonyl (C=O) groups is 1. The summed E-state index contributed by atoms with van der Waals surface area (Å²) in [5, 5.41) is 0. The summed E-state index contributed by atoms with van der Waals surface area (Å²) in [7, 11) is 3.08. The third kappa shape index (κ3) is 3.28. The van der Waals surface area contributed by atoms with Gasteiger partial charge in [-0.25, -0.2) is 0 Å². The van der Waals surface area contributed by atoms with Crippen molar-refractivity contribution in [3.63, 3.8) is 0 Å². The minimum atomic E-state index is -0.529. The molecule has 5 heteroatoms. The second-order valence-electron chi connectivity index (χ2n) is 4.44. The normalized spacial score (nSPS) is 13.8. The monoisotopic (exact) mass is 329 g/mol. The average molecular weight is 330 g/mol. The number of carbonyl (C=O) groups excluding carboxylic acids is 1. The standard InChI is InChI=1S/C14H20BrNO3/c1-5-8(2)12(16)13(17)9-6-7-10(18-3)11(15)14(9)19-4/h6-8,12H,5,16H2,1-4H3. The van der Waals surface area contributed by atoms with E-state index >= 15 is 0 Å². The highest BCUT2D eigenvalue weighted by Crippen LogP contribution is 2.37. The van der Waals surface area contributed by atoms with Crippen molar-refractivity contribution >= 4 is 21.7 Å². The third-order valence-electron chi connectivity index (χ3n) is 3.31. The van der Waals surface area contributed by atoms with Crippen LogP contribution in [0.3, 0.4) is 0 Å². The van der Waals surface area contributed by atoms with Crippen LogP contribution in [-0.2, 0) is 0 Å². The fourth-order valence-electron chi connectivity index (χ4n) is 1.78. The number of ether oxygens (including phenoxy) is 2. The molecule has 0 spiro atoms. The molecule has 0 heterocycles. The Morgan fingerprint density at radius 1 is 1.37 bits per heavy atom. The maximum absolute atomic E-state index is 12.4. The second kappa shape index (κ2) is 6.91. The summed E-state index contributed by atoms with van der Waals surface area (Å²) in [6.45, 7) is 3.98. The minimum Gasteiger partial charge on any atom is -0.495 e. The molecule has 0 bridgehead atoms. The Kier molecular flexibility index (Phi) is 5.82. The molecule has 0 saturated carbocycles. The van der Waals surface area contributed by atoms with Gasteiger partial charge in [-0.3, -0.25) is 4.79 Å². The van der Waals surface area contributed by atoms with E-state index in [0.717, 1.165) is 6.42 Å². The van der Waals surface area contributed by atoms with Gasteiger partial charge < -0.3 is 15.2 Å². The zero-order valence-corrected chi connectivity index (χ0v) is 13.3. The molecule has 106 valence electrons. The van der Waals surface area contributed by atoms with Crippen molar-refractivity contribution in [2.24, 2.45) is 11.7 Å². The molecular weight excluding hydrogens is 310 g/mol. The van der Waals surface area contributed by atoms with E-state index in [2.05, 4.69) is 15.9 Å². The van der Waals surface area contributed by atoms with Gasteiger partial charge in [-0.05, 0) is 34.0 Å². The molecular formula is C14H20BrNO3. The van der Waals surface area contributed by atoms with Gasteiger partial charge in [0.15, 0.2) is 5.78 Å². The molecule has 2 atom stereocenters. The molecule has 0 amide bonds. The van der Waals surface area contributed by atoms with Crippen molar-refractivity contribution < 1.29 is 14.3 Å². The summed E-state index contributed by atoms with van der Waals surface area (Å²) in [4.78, 5) is 12.4. The van der Waals surface area contributed by atoms with Crippen LogP contribution in [0.15, 0.2) is 16.6 Å². The smallest absolute Gasteiger partial charge is 0.183 e. The lowest BCUT2D eigenvalue weighted by molar-refractivity contribution is 0.0931. The predicted octanol–water partition coefficient (Wildman–Crippen LogP) is 3.02. The van der Waals surface area contributed by atoms with E-state index in [1.807, 2.05) is 13.8 Å². The minimum absolute atomic E-state index is 0.116. The molecule has 19 heavy (non-hydrogen) atoms. The molecule has 0 aliphatic rings. The molecule has 2 unspecified atom stereocenters. The number of rotatable bonds is 6. The van der Waals surface area contributed by atoms with Crippen LogP contribution in [-0.4, -0.2) is 26.0 Å². The number of ketones is 1. The Bertz CT molecular complexity index is 462. The van der Waals surface area contributed by atoms with E-state index < -0.39 is 6.04 Å². The molecule has 0 saturated heterocycles. The molecule has 0 fully saturated rings. The van der Waals surface area contributed by atoms with Gasteiger partial charge in [0.1, 0.15) is 16.0 Å². The third-order valence-corrected chi connectivity index (χ3v) is 4.06. The summed E-state index contributed by atoms with van der Waals surface area (Å²) in [6.07, 6.45) is 0.854. The van der Waals surface area contributed by atoms with Crippen molar-refractivity contribution in [3.05, 3.63) is 22.2 Å². The van der Waals surface area contributed by atoms with Gasteiger partial charge in [0.05, 0.1) is 25.8 Å². The van der Waals surface area contributed by atoms with Crippen LogP contribution in [0.2, 0.25) is 0 Å². The first kappa shape index (κ1) is 16.0. The average Bonchev–Trinajstić information content (AvgIpc) is 2.44. The Balaban J connectivity index is 3.20. The Labute approximate surface area is 122 Å². The van der Waals surface area contributed by atoms with Gasteiger partial charge >= 0.3 is 0 Å². The zero-order valence-electron chi connectivity index (χ0n) is 11.7. The first-order valence-electron chi connectivity index (χ1n) is 6.18. The molecule has 0 radical (unpaired) electrons. The van der Waals surface area contributed by atoms with Gasteiger partial charge in [0.25, 0.3) is 0 Å². The maximum atomic E-state index is 12.4. The molecule has 0 aliphatic carbocycles. The Morgan fingerprint density at radius 2 is 2.00 bits per heavy atom. The number of hydrogen-bond donors (Lipinski definition) is 1. The molecule has 1 aromatic carbocycles. The summed E-state index contributed by atoms with van der Waals surface area (Å²) in [5.74, 6) is 1.08. The zero-order chi connectivity index (χ0) is 14.6. The molecule has 2 N–H and O–H groups in total. The fourth-order valence-corrected chi connectivity index (χ4v) is 2.45. The molecule has 4 nitrogen and oxygen atoms in total. The summed E-state index contributed by atoms with van der Waals surface area (Å²) in [5.41, 5.74) is 6.47. The van der Waals surface area contributed by atoms with E-state index in [-0.39, 0.29) is 11.7 Å². The van der Waals surface area contributed by atoms with Crippen LogP contribution in [0.4, 0.5) is 0 Å². The molecule has 0 aliphatic heterocycles. The van der Waals surface area contributed by atoms with Crippen LogP contribution in [0.1, 0.15) is 30.6 Å². The van der Waals surface area contributed by atoms with E-state index in [1.165, 1.54) is 7.11 Å². The highest BCUT2D eigenvalue weighted by atomic mass is 79.9. The molecule has 0 aromatic heterocycles. The van der Waals surface area contributed by atoms with Crippen molar-refractivity contribution in [2.75, 3.05) is 14.2 Å². The highest BCUT2D eigenvalue weighted by molar-refractivity contribution is 9.10. The quantitative estimate of drug-likeness (QED) is 0.815.